The molecule has 0 unspecified atom stereocenters. The SMILES string of the molecule is COc1ccc(C(=O)N[C@@H]2CC(C)(C)Oc3ccccc32)cc1Cl. The maximum absolute atomic E-state index is 12.6. The van der Waals surface area contributed by atoms with Gasteiger partial charge in [0.1, 0.15) is 17.1 Å². The molecule has 0 radical (unpaired) electrons. The molecule has 1 aliphatic heterocycles. The Bertz CT molecular complexity index is 773. The van der Waals surface area contributed by atoms with Gasteiger partial charge in [0.2, 0.25) is 0 Å². The summed E-state index contributed by atoms with van der Waals surface area (Å²) in [5, 5.41) is 3.51. The highest BCUT2D eigenvalue weighted by molar-refractivity contribution is 6.32. The molecule has 0 bridgehead atoms. The van der Waals surface area contributed by atoms with Gasteiger partial charge in [-0.05, 0) is 38.1 Å². The van der Waals surface area contributed by atoms with Crippen molar-refractivity contribution in [1.82, 2.24) is 5.32 Å². The number of halogens is 1. The third-order valence-corrected chi connectivity index (χ3v) is 4.39. The molecule has 3 rings (SSSR count). The van der Waals surface area contributed by atoms with Crippen molar-refractivity contribution in [1.29, 1.82) is 0 Å². The highest BCUT2D eigenvalue weighted by Crippen LogP contribution is 2.39. The molecule has 0 saturated heterocycles. The van der Waals surface area contributed by atoms with Crippen LogP contribution in [0.4, 0.5) is 0 Å². The summed E-state index contributed by atoms with van der Waals surface area (Å²) in [5.74, 6) is 1.19. The zero-order valence-corrected chi connectivity index (χ0v) is 14.7. The fraction of sp³-hybridized carbons (Fsp3) is 0.316. The summed E-state index contributed by atoms with van der Waals surface area (Å²) in [6, 6.07) is 12.7. The maximum atomic E-state index is 12.6. The van der Waals surface area contributed by atoms with Crippen molar-refractivity contribution in [3.63, 3.8) is 0 Å². The smallest absolute Gasteiger partial charge is 0.251 e. The molecule has 1 heterocycles. The standard InChI is InChI=1S/C19H20ClNO3/c1-19(2)11-15(13-6-4-5-7-16(13)24-19)21-18(22)12-8-9-17(23-3)14(20)10-12/h4-10,15H,11H2,1-3H3,(H,21,22)/t15-/m1/s1. The Morgan fingerprint density at radius 2 is 2.04 bits per heavy atom. The van der Waals surface area contributed by atoms with E-state index in [0.29, 0.717) is 22.8 Å². The summed E-state index contributed by atoms with van der Waals surface area (Å²) >= 11 is 6.12. The monoisotopic (exact) mass is 345 g/mol. The van der Waals surface area contributed by atoms with Gasteiger partial charge in [0, 0.05) is 17.5 Å². The number of rotatable bonds is 3. The van der Waals surface area contributed by atoms with Crippen LogP contribution < -0.4 is 14.8 Å². The van der Waals surface area contributed by atoms with Crippen molar-refractivity contribution in [2.45, 2.75) is 31.9 Å². The van der Waals surface area contributed by atoms with E-state index in [2.05, 4.69) is 5.32 Å². The number of amides is 1. The number of nitrogens with one attached hydrogen (secondary N) is 1. The summed E-state index contributed by atoms with van der Waals surface area (Å²) in [6.07, 6.45) is 0.694. The number of hydrogen-bond acceptors (Lipinski definition) is 3. The molecule has 4 nitrogen and oxygen atoms in total. The molecule has 0 fully saturated rings. The number of benzene rings is 2. The van der Waals surface area contributed by atoms with Crippen LogP contribution >= 0.6 is 11.6 Å². The Hall–Kier alpha value is -2.20. The second-order valence-corrected chi connectivity index (χ2v) is 6.89. The van der Waals surface area contributed by atoms with E-state index in [9.17, 15) is 4.79 Å². The van der Waals surface area contributed by atoms with Crippen LogP contribution in [0.1, 0.15) is 42.2 Å². The average Bonchev–Trinajstić information content (AvgIpc) is 2.53. The minimum absolute atomic E-state index is 0.113. The zero-order valence-electron chi connectivity index (χ0n) is 13.9. The van der Waals surface area contributed by atoms with Gasteiger partial charge >= 0.3 is 0 Å². The van der Waals surface area contributed by atoms with Crippen molar-refractivity contribution in [3.05, 3.63) is 58.6 Å². The van der Waals surface area contributed by atoms with Crippen molar-refractivity contribution < 1.29 is 14.3 Å². The third kappa shape index (κ3) is 3.34. The summed E-state index contributed by atoms with van der Waals surface area (Å²) in [6.45, 7) is 4.04. The van der Waals surface area contributed by atoms with Crippen LogP contribution in [-0.2, 0) is 0 Å². The number of para-hydroxylation sites is 1. The van der Waals surface area contributed by atoms with Crippen molar-refractivity contribution in [2.24, 2.45) is 0 Å². The normalized spacial score (nSPS) is 18.2. The van der Waals surface area contributed by atoms with Gasteiger partial charge in [0.15, 0.2) is 0 Å². The number of fused-ring (bicyclic) bond motifs is 1. The molecule has 1 N–H and O–H groups in total. The summed E-state index contributed by atoms with van der Waals surface area (Å²) in [4.78, 5) is 12.6. The van der Waals surface area contributed by atoms with E-state index in [1.165, 1.54) is 0 Å². The molecule has 126 valence electrons. The van der Waals surface area contributed by atoms with Gasteiger partial charge in [0.05, 0.1) is 18.2 Å². The second kappa shape index (κ2) is 6.36. The highest BCUT2D eigenvalue weighted by Gasteiger charge is 2.34. The van der Waals surface area contributed by atoms with Crippen LogP contribution in [0.15, 0.2) is 42.5 Å². The van der Waals surface area contributed by atoms with Crippen LogP contribution in [0.5, 0.6) is 11.5 Å². The molecule has 5 heteroatoms. The zero-order chi connectivity index (χ0) is 17.3. The molecule has 2 aromatic rings. The third-order valence-electron chi connectivity index (χ3n) is 4.10. The van der Waals surface area contributed by atoms with Crippen LogP contribution in [0.2, 0.25) is 5.02 Å². The van der Waals surface area contributed by atoms with Crippen LogP contribution in [0.3, 0.4) is 0 Å². The van der Waals surface area contributed by atoms with Gasteiger partial charge in [-0.1, -0.05) is 29.8 Å². The molecule has 1 amide bonds. The molecule has 0 saturated carbocycles. The van der Waals surface area contributed by atoms with E-state index in [1.807, 2.05) is 38.1 Å². The Labute approximate surface area is 146 Å². The first kappa shape index (κ1) is 16.7. The number of carbonyl (C=O) groups excluding carboxylic acids is 1. The lowest BCUT2D eigenvalue weighted by Crippen LogP contribution is -2.41. The van der Waals surface area contributed by atoms with Gasteiger partial charge in [-0.25, -0.2) is 0 Å². The molecule has 24 heavy (non-hydrogen) atoms. The Kier molecular flexibility index (Phi) is 4.41. The van der Waals surface area contributed by atoms with Gasteiger partial charge in [-0.3, -0.25) is 4.79 Å². The van der Waals surface area contributed by atoms with E-state index in [4.69, 9.17) is 21.1 Å². The lowest BCUT2D eigenvalue weighted by Gasteiger charge is -2.37. The molecule has 0 aliphatic carbocycles. The van der Waals surface area contributed by atoms with E-state index in [0.717, 1.165) is 11.3 Å². The van der Waals surface area contributed by atoms with Crippen molar-refractivity contribution in [3.8, 4) is 11.5 Å². The van der Waals surface area contributed by atoms with E-state index >= 15 is 0 Å². The topological polar surface area (TPSA) is 47.6 Å². The largest absolute Gasteiger partial charge is 0.495 e. The molecule has 2 aromatic carbocycles. The van der Waals surface area contributed by atoms with Crippen molar-refractivity contribution in [2.75, 3.05) is 7.11 Å². The lowest BCUT2D eigenvalue weighted by molar-refractivity contribution is 0.0619. The average molecular weight is 346 g/mol. The summed E-state index contributed by atoms with van der Waals surface area (Å²) in [5.41, 5.74) is 1.15. The van der Waals surface area contributed by atoms with Gasteiger partial charge in [-0.15, -0.1) is 0 Å². The molecule has 1 atom stereocenters. The molecular weight excluding hydrogens is 326 g/mol. The summed E-state index contributed by atoms with van der Waals surface area (Å²) < 4.78 is 11.1. The fourth-order valence-corrected chi connectivity index (χ4v) is 3.24. The van der Waals surface area contributed by atoms with Gasteiger partial charge in [-0.2, -0.15) is 0 Å². The Morgan fingerprint density at radius 3 is 2.75 bits per heavy atom. The van der Waals surface area contributed by atoms with Crippen LogP contribution in [0.25, 0.3) is 0 Å². The van der Waals surface area contributed by atoms with Gasteiger partial charge in [0.25, 0.3) is 5.91 Å². The number of methoxy groups -OCH3 is 1. The molecule has 1 aliphatic rings. The quantitative estimate of drug-likeness (QED) is 0.898. The summed E-state index contributed by atoms with van der Waals surface area (Å²) in [7, 11) is 1.54. The van der Waals surface area contributed by atoms with E-state index < -0.39 is 0 Å². The minimum Gasteiger partial charge on any atom is -0.495 e. The first-order chi connectivity index (χ1) is 11.4. The van der Waals surface area contributed by atoms with Crippen LogP contribution in [0, 0.1) is 0 Å². The first-order valence-electron chi connectivity index (χ1n) is 7.82. The van der Waals surface area contributed by atoms with Crippen molar-refractivity contribution >= 4 is 17.5 Å². The molecule has 0 spiro atoms. The second-order valence-electron chi connectivity index (χ2n) is 6.48. The lowest BCUT2D eigenvalue weighted by atomic mass is 9.89. The predicted molar refractivity (Wildman–Crippen MR) is 94.0 cm³/mol. The number of hydrogen-bond donors (Lipinski definition) is 1. The maximum Gasteiger partial charge on any atom is 0.251 e. The molecular formula is C19H20ClNO3. The highest BCUT2D eigenvalue weighted by atomic mass is 35.5. The Morgan fingerprint density at radius 1 is 1.29 bits per heavy atom. The van der Waals surface area contributed by atoms with E-state index in [-0.39, 0.29) is 17.6 Å². The molecule has 0 aromatic heterocycles. The fourth-order valence-electron chi connectivity index (χ4n) is 2.98. The Balaban J connectivity index is 1.85. The minimum atomic E-state index is -0.343. The first-order valence-corrected chi connectivity index (χ1v) is 8.20. The van der Waals surface area contributed by atoms with Gasteiger partial charge < -0.3 is 14.8 Å². The number of carbonyl (C=O) groups is 1. The predicted octanol–water partition coefficient (Wildman–Crippen LogP) is 4.38. The van der Waals surface area contributed by atoms with E-state index in [1.54, 1.807) is 25.3 Å². The number of ether oxygens (including phenoxy) is 2. The van der Waals surface area contributed by atoms with Crippen LogP contribution in [-0.4, -0.2) is 18.6 Å².